The third-order valence-electron chi connectivity index (χ3n) is 3.49. The van der Waals surface area contributed by atoms with Gasteiger partial charge in [0.15, 0.2) is 0 Å². The van der Waals surface area contributed by atoms with Gasteiger partial charge in [-0.2, -0.15) is 0 Å². The molecule has 0 aliphatic carbocycles. The maximum atomic E-state index is 12.1. The van der Waals surface area contributed by atoms with Crippen molar-refractivity contribution < 1.29 is 4.79 Å². The smallest absolute Gasteiger partial charge is 0.222 e. The van der Waals surface area contributed by atoms with Crippen molar-refractivity contribution in [2.24, 2.45) is 0 Å². The van der Waals surface area contributed by atoms with Crippen LogP contribution in [-0.4, -0.2) is 42.0 Å². The van der Waals surface area contributed by atoms with Gasteiger partial charge in [0.25, 0.3) is 0 Å². The largest absolute Gasteiger partial charge is 0.340 e. The lowest BCUT2D eigenvalue weighted by Gasteiger charge is -2.27. The highest BCUT2D eigenvalue weighted by Crippen LogP contribution is 2.19. The fourth-order valence-corrected chi connectivity index (χ4v) is 3.04. The van der Waals surface area contributed by atoms with Gasteiger partial charge in [0.05, 0.1) is 15.7 Å². The number of nitrogens with one attached hydrogen (secondary N) is 1. The molecule has 0 spiro atoms. The monoisotopic (exact) mass is 275 g/mol. The number of benzene rings is 1. The average Bonchev–Trinajstić information content (AvgIpc) is 2.93. The summed E-state index contributed by atoms with van der Waals surface area (Å²) in [6.45, 7) is 3.50. The van der Waals surface area contributed by atoms with Gasteiger partial charge in [0.1, 0.15) is 0 Å². The topological polar surface area (TPSA) is 45.2 Å². The number of hydrogen-bond donors (Lipinski definition) is 1. The standard InChI is InChI=1S/C14H17N3OS/c18-14(17-7-5-15-6-8-17)4-2-11-1-3-13-12(9-11)16-10-19-13/h1,3,9-10,15H,2,4-8H2. The Morgan fingerprint density at radius 1 is 1.37 bits per heavy atom. The van der Waals surface area contributed by atoms with Crippen molar-refractivity contribution in [1.82, 2.24) is 15.2 Å². The number of aryl methyl sites for hydroxylation is 1. The molecule has 0 radical (unpaired) electrons. The Hall–Kier alpha value is -1.46. The van der Waals surface area contributed by atoms with Crippen LogP contribution in [0.4, 0.5) is 0 Å². The van der Waals surface area contributed by atoms with Crippen LogP contribution in [0.2, 0.25) is 0 Å². The predicted molar refractivity (Wildman–Crippen MR) is 77.4 cm³/mol. The van der Waals surface area contributed by atoms with Crippen LogP contribution >= 0.6 is 11.3 Å². The molecule has 0 saturated carbocycles. The summed E-state index contributed by atoms with van der Waals surface area (Å²) in [6, 6.07) is 6.29. The molecule has 0 atom stereocenters. The van der Waals surface area contributed by atoms with E-state index in [1.807, 2.05) is 10.4 Å². The third-order valence-corrected chi connectivity index (χ3v) is 4.30. The second kappa shape index (κ2) is 5.67. The zero-order valence-corrected chi connectivity index (χ0v) is 11.6. The lowest BCUT2D eigenvalue weighted by molar-refractivity contribution is -0.131. The molecule has 1 N–H and O–H groups in total. The highest BCUT2D eigenvalue weighted by molar-refractivity contribution is 7.16. The van der Waals surface area contributed by atoms with Crippen molar-refractivity contribution in [3.63, 3.8) is 0 Å². The van der Waals surface area contributed by atoms with Crippen LogP contribution in [-0.2, 0) is 11.2 Å². The summed E-state index contributed by atoms with van der Waals surface area (Å²) in [5.74, 6) is 0.264. The number of fused-ring (bicyclic) bond motifs is 1. The summed E-state index contributed by atoms with van der Waals surface area (Å²) < 4.78 is 1.21. The molecule has 1 amide bonds. The van der Waals surface area contributed by atoms with Gasteiger partial charge in [-0.3, -0.25) is 4.79 Å². The molecule has 5 heteroatoms. The quantitative estimate of drug-likeness (QED) is 0.926. The summed E-state index contributed by atoms with van der Waals surface area (Å²) >= 11 is 1.65. The van der Waals surface area contributed by atoms with Gasteiger partial charge in [-0.1, -0.05) is 6.07 Å². The number of piperazine rings is 1. The molecule has 2 aromatic rings. The highest BCUT2D eigenvalue weighted by Gasteiger charge is 2.15. The van der Waals surface area contributed by atoms with E-state index in [4.69, 9.17) is 0 Å². The maximum Gasteiger partial charge on any atom is 0.222 e. The Bertz CT molecular complexity index is 575. The minimum Gasteiger partial charge on any atom is -0.340 e. The number of amides is 1. The van der Waals surface area contributed by atoms with E-state index < -0.39 is 0 Å². The number of thiazole rings is 1. The summed E-state index contributed by atoms with van der Waals surface area (Å²) in [6.07, 6.45) is 1.39. The van der Waals surface area contributed by atoms with E-state index in [0.29, 0.717) is 6.42 Å². The third kappa shape index (κ3) is 2.93. The van der Waals surface area contributed by atoms with Crippen molar-refractivity contribution in [1.29, 1.82) is 0 Å². The Morgan fingerprint density at radius 2 is 2.21 bits per heavy atom. The van der Waals surface area contributed by atoms with Crippen LogP contribution < -0.4 is 5.32 Å². The van der Waals surface area contributed by atoms with Crippen LogP contribution in [0, 0.1) is 0 Å². The molecule has 1 aliphatic heterocycles. The van der Waals surface area contributed by atoms with E-state index in [1.54, 1.807) is 11.3 Å². The first-order valence-electron chi connectivity index (χ1n) is 6.63. The Balaban J connectivity index is 1.60. The number of carbonyl (C=O) groups excluding carboxylic acids is 1. The van der Waals surface area contributed by atoms with Crippen molar-refractivity contribution in [2.45, 2.75) is 12.8 Å². The lowest BCUT2D eigenvalue weighted by Crippen LogP contribution is -2.46. The molecule has 100 valence electrons. The molecule has 0 bridgehead atoms. The van der Waals surface area contributed by atoms with Crippen LogP contribution in [0.25, 0.3) is 10.2 Å². The maximum absolute atomic E-state index is 12.1. The highest BCUT2D eigenvalue weighted by atomic mass is 32.1. The number of rotatable bonds is 3. The number of hydrogen-bond acceptors (Lipinski definition) is 4. The van der Waals surface area contributed by atoms with Gasteiger partial charge in [-0.15, -0.1) is 11.3 Å². The molecule has 19 heavy (non-hydrogen) atoms. The molecular formula is C14H17N3OS. The summed E-state index contributed by atoms with van der Waals surface area (Å²) in [5.41, 5.74) is 4.10. The van der Waals surface area contributed by atoms with E-state index in [2.05, 4.69) is 28.5 Å². The molecule has 1 saturated heterocycles. The molecule has 3 rings (SSSR count). The average molecular weight is 275 g/mol. The van der Waals surface area contributed by atoms with Crippen LogP contribution in [0.15, 0.2) is 23.7 Å². The van der Waals surface area contributed by atoms with E-state index in [9.17, 15) is 4.79 Å². The molecule has 4 nitrogen and oxygen atoms in total. The van der Waals surface area contributed by atoms with Crippen molar-refractivity contribution in [2.75, 3.05) is 26.2 Å². The van der Waals surface area contributed by atoms with Crippen LogP contribution in [0.5, 0.6) is 0 Å². The van der Waals surface area contributed by atoms with Gasteiger partial charge < -0.3 is 10.2 Å². The second-order valence-corrected chi connectivity index (χ2v) is 5.67. The van der Waals surface area contributed by atoms with Gasteiger partial charge >= 0.3 is 0 Å². The Labute approximate surface area is 116 Å². The molecule has 1 fully saturated rings. The van der Waals surface area contributed by atoms with Crippen molar-refractivity contribution >= 4 is 27.5 Å². The summed E-state index contributed by atoms with van der Waals surface area (Å²) in [4.78, 5) is 18.3. The second-order valence-electron chi connectivity index (χ2n) is 4.79. The number of aromatic nitrogens is 1. The first kappa shape index (κ1) is 12.6. The van der Waals surface area contributed by atoms with Crippen LogP contribution in [0.3, 0.4) is 0 Å². The molecular weight excluding hydrogens is 258 g/mol. The minimum atomic E-state index is 0.264. The molecule has 1 aliphatic rings. The Morgan fingerprint density at radius 3 is 3.05 bits per heavy atom. The zero-order chi connectivity index (χ0) is 13.1. The SMILES string of the molecule is O=C(CCc1ccc2scnc2c1)N1CCNCC1. The predicted octanol–water partition coefficient (Wildman–Crippen LogP) is 1.66. The number of carbonyl (C=O) groups is 1. The van der Waals surface area contributed by atoms with Crippen molar-refractivity contribution in [3.05, 3.63) is 29.3 Å². The molecule has 2 heterocycles. The zero-order valence-electron chi connectivity index (χ0n) is 10.8. The molecule has 0 unspecified atom stereocenters. The lowest BCUT2D eigenvalue weighted by atomic mass is 10.1. The molecule has 1 aromatic heterocycles. The number of nitrogens with zero attached hydrogens (tertiary/aromatic N) is 2. The normalized spacial score (nSPS) is 15.9. The van der Waals surface area contributed by atoms with E-state index in [1.165, 1.54) is 10.3 Å². The van der Waals surface area contributed by atoms with Gasteiger partial charge in [-0.05, 0) is 24.1 Å². The summed E-state index contributed by atoms with van der Waals surface area (Å²) in [5, 5.41) is 3.26. The minimum absolute atomic E-state index is 0.264. The van der Waals surface area contributed by atoms with Gasteiger partial charge in [0.2, 0.25) is 5.91 Å². The van der Waals surface area contributed by atoms with E-state index in [-0.39, 0.29) is 5.91 Å². The first-order chi connectivity index (χ1) is 9.33. The van der Waals surface area contributed by atoms with Crippen molar-refractivity contribution in [3.8, 4) is 0 Å². The van der Waals surface area contributed by atoms with Gasteiger partial charge in [0, 0.05) is 32.6 Å². The van der Waals surface area contributed by atoms with Crippen LogP contribution in [0.1, 0.15) is 12.0 Å². The summed E-state index contributed by atoms with van der Waals surface area (Å²) in [7, 11) is 0. The van der Waals surface area contributed by atoms with E-state index in [0.717, 1.165) is 38.1 Å². The van der Waals surface area contributed by atoms with E-state index >= 15 is 0 Å². The fourth-order valence-electron chi connectivity index (χ4n) is 2.38. The molecule has 1 aromatic carbocycles. The Kier molecular flexibility index (Phi) is 3.75. The van der Waals surface area contributed by atoms with Gasteiger partial charge in [-0.25, -0.2) is 4.98 Å². The fraction of sp³-hybridized carbons (Fsp3) is 0.429. The first-order valence-corrected chi connectivity index (χ1v) is 7.51.